The summed E-state index contributed by atoms with van der Waals surface area (Å²) >= 11 is 0. The number of nitrogens with zero attached hydrogens (tertiary/aromatic N) is 4. The first-order chi connectivity index (χ1) is 14.4. The molecule has 0 aliphatic rings. The number of hydrogen-bond acceptors (Lipinski definition) is 5. The molecule has 0 spiro atoms. The Kier molecular flexibility index (Phi) is 7.76. The van der Waals surface area contributed by atoms with E-state index in [-0.39, 0.29) is 23.5 Å². The summed E-state index contributed by atoms with van der Waals surface area (Å²) in [4.78, 5) is 4.04. The Morgan fingerprint density at radius 1 is 1.19 bits per heavy atom. The number of pyridine rings is 1. The van der Waals surface area contributed by atoms with Gasteiger partial charge in [0.05, 0.1) is 29.1 Å². The lowest BCUT2D eigenvalue weighted by Gasteiger charge is -2.22. The van der Waals surface area contributed by atoms with E-state index in [1.165, 1.54) is 34.8 Å². The minimum absolute atomic E-state index is 0.0631. The van der Waals surface area contributed by atoms with Crippen molar-refractivity contribution < 1.29 is 35.3 Å². The van der Waals surface area contributed by atoms with Gasteiger partial charge in [0, 0.05) is 19.2 Å². The number of ether oxygens (including phenoxy) is 1. The van der Waals surface area contributed by atoms with Gasteiger partial charge in [0.1, 0.15) is 11.0 Å². The molecule has 0 saturated carbocycles. The topological polar surface area (TPSA) is 67.2 Å². The van der Waals surface area contributed by atoms with Gasteiger partial charge in [0.2, 0.25) is 5.90 Å². The third-order valence-corrected chi connectivity index (χ3v) is 4.64. The second-order valence-corrected chi connectivity index (χ2v) is 7.29. The van der Waals surface area contributed by atoms with Gasteiger partial charge in [0.25, 0.3) is 0 Å². The van der Waals surface area contributed by atoms with E-state index in [2.05, 4.69) is 26.6 Å². The Morgan fingerprint density at radius 2 is 1.90 bits per heavy atom. The third-order valence-electron chi connectivity index (χ3n) is 3.68. The molecule has 1 aromatic heterocycles. The quantitative estimate of drug-likeness (QED) is 0.264. The van der Waals surface area contributed by atoms with E-state index >= 15 is 0 Å². The Bertz CT molecular complexity index is 961. The molecule has 0 aliphatic heterocycles. The lowest BCUT2D eigenvalue weighted by atomic mass is 10.2. The van der Waals surface area contributed by atoms with Gasteiger partial charge >= 0.3 is 12.4 Å². The number of hydrogen-bond donors (Lipinski definition) is 0. The molecule has 168 valence electrons. The van der Waals surface area contributed by atoms with Crippen LogP contribution < -0.4 is 4.31 Å². The summed E-state index contributed by atoms with van der Waals surface area (Å²) in [6.45, 7) is 1.34. The Hall–Kier alpha value is -2.96. The minimum Gasteiger partial charge on any atom is -0.466 e. The lowest BCUT2D eigenvalue weighted by molar-refractivity contribution is -0.156. The summed E-state index contributed by atoms with van der Waals surface area (Å²) < 4.78 is 93.9. The zero-order valence-corrected chi connectivity index (χ0v) is 16.8. The van der Waals surface area contributed by atoms with Crippen LogP contribution in [0.1, 0.15) is 16.8 Å². The molecule has 0 fully saturated rings. The highest BCUT2D eigenvalue weighted by Gasteiger charge is 2.31. The van der Waals surface area contributed by atoms with E-state index in [0.717, 1.165) is 18.3 Å². The van der Waals surface area contributed by atoms with Crippen molar-refractivity contribution in [2.45, 2.75) is 18.9 Å². The molecule has 2 aromatic rings. The summed E-state index contributed by atoms with van der Waals surface area (Å²) in [6.07, 6.45) is -6.72. The number of rotatable bonds is 7. The first-order valence-corrected chi connectivity index (χ1v) is 9.89. The molecule has 0 N–H and O–H groups in total. The maximum absolute atomic E-state index is 13.0. The van der Waals surface area contributed by atoms with Crippen molar-refractivity contribution in [2.24, 2.45) is 10.2 Å². The van der Waals surface area contributed by atoms with Crippen molar-refractivity contribution >= 4 is 29.3 Å². The first-order valence-electron chi connectivity index (χ1n) is 8.37. The molecule has 13 heteroatoms. The van der Waals surface area contributed by atoms with Crippen molar-refractivity contribution in [3.8, 4) is 0 Å². The minimum atomic E-state index is -4.59. The van der Waals surface area contributed by atoms with Crippen LogP contribution in [-0.2, 0) is 28.4 Å². The fraction of sp³-hybridized carbons (Fsp3) is 0.278. The van der Waals surface area contributed by atoms with Crippen molar-refractivity contribution in [1.29, 1.82) is 0 Å². The van der Waals surface area contributed by atoms with E-state index < -0.39 is 41.4 Å². The number of anilines is 1. The highest BCUT2D eigenvalue weighted by molar-refractivity contribution is 7.85. The van der Waals surface area contributed by atoms with Crippen molar-refractivity contribution in [3.05, 3.63) is 59.4 Å². The van der Waals surface area contributed by atoms with Crippen LogP contribution in [0.25, 0.3) is 0 Å². The molecule has 0 amide bonds. The van der Waals surface area contributed by atoms with Gasteiger partial charge in [-0.25, -0.2) is 4.21 Å². The molecule has 31 heavy (non-hydrogen) atoms. The van der Waals surface area contributed by atoms with Gasteiger partial charge in [-0.3, -0.25) is 9.29 Å². The predicted molar refractivity (Wildman–Crippen MR) is 104 cm³/mol. The van der Waals surface area contributed by atoms with Gasteiger partial charge in [-0.15, -0.1) is 5.10 Å². The van der Waals surface area contributed by atoms with Crippen LogP contribution in [-0.4, -0.2) is 40.8 Å². The average molecular weight is 466 g/mol. The summed E-state index contributed by atoms with van der Waals surface area (Å²) in [6, 6.07) is 7.04. The molecule has 1 unspecified atom stereocenters. The van der Waals surface area contributed by atoms with Crippen LogP contribution in [0.2, 0.25) is 0 Å². The maximum Gasteiger partial charge on any atom is 0.422 e. The standard InChI is InChI=1S/C18H16F6N4O2S/c1-25-27-16(30-11-17(19,20)21)12-6-7-14(26-9-12)10-28(31(2)29)15-5-3-4-13(8-15)18(22,23)24/h3-9H,1,10-11H2,2H3/b27-16-. The van der Waals surface area contributed by atoms with E-state index in [4.69, 9.17) is 0 Å². The van der Waals surface area contributed by atoms with Gasteiger partial charge < -0.3 is 4.74 Å². The van der Waals surface area contributed by atoms with E-state index in [1.807, 2.05) is 0 Å². The summed E-state index contributed by atoms with van der Waals surface area (Å²) in [5.41, 5.74) is -0.474. The van der Waals surface area contributed by atoms with Gasteiger partial charge in [-0.05, 0) is 30.3 Å². The molecule has 1 heterocycles. The molecule has 1 atom stereocenters. The molecule has 2 rings (SSSR count). The highest BCUT2D eigenvalue weighted by Crippen LogP contribution is 2.32. The van der Waals surface area contributed by atoms with Gasteiger partial charge in [-0.1, -0.05) is 6.07 Å². The average Bonchev–Trinajstić information content (AvgIpc) is 2.68. The molecule has 6 nitrogen and oxygen atoms in total. The van der Waals surface area contributed by atoms with E-state index in [1.54, 1.807) is 0 Å². The van der Waals surface area contributed by atoms with Crippen LogP contribution in [0, 0.1) is 0 Å². The Labute approximate surface area is 175 Å². The van der Waals surface area contributed by atoms with Crippen LogP contribution >= 0.6 is 0 Å². The SMILES string of the molecule is C=N/N=C(\OCC(F)(F)F)c1ccc(CN(c2cccc(C(F)(F)F)c2)S(C)=O)nc1. The molecule has 0 saturated heterocycles. The van der Waals surface area contributed by atoms with Crippen LogP contribution in [0.3, 0.4) is 0 Å². The second-order valence-electron chi connectivity index (χ2n) is 6.00. The summed E-state index contributed by atoms with van der Waals surface area (Å²) in [5.74, 6) is -0.458. The second kappa shape index (κ2) is 9.90. The molecule has 0 bridgehead atoms. The van der Waals surface area contributed by atoms with E-state index in [9.17, 15) is 30.6 Å². The molecule has 0 radical (unpaired) electrons. The number of benzene rings is 1. The van der Waals surface area contributed by atoms with Crippen LogP contribution in [0.5, 0.6) is 0 Å². The van der Waals surface area contributed by atoms with Gasteiger partial charge in [0.15, 0.2) is 6.61 Å². The lowest BCUT2D eigenvalue weighted by Crippen LogP contribution is -2.25. The maximum atomic E-state index is 13.0. The van der Waals surface area contributed by atoms with Crippen LogP contribution in [0.15, 0.2) is 52.8 Å². The molecule has 1 aromatic carbocycles. The van der Waals surface area contributed by atoms with Crippen molar-refractivity contribution in [3.63, 3.8) is 0 Å². The number of aromatic nitrogens is 1. The monoisotopic (exact) mass is 466 g/mol. The number of alkyl halides is 6. The molecular formula is C18H16F6N4O2S. The smallest absolute Gasteiger partial charge is 0.422 e. The summed E-state index contributed by atoms with van der Waals surface area (Å²) in [5, 5.41) is 6.55. The van der Waals surface area contributed by atoms with E-state index in [0.29, 0.717) is 0 Å². The molecular weight excluding hydrogens is 450 g/mol. The fourth-order valence-electron chi connectivity index (χ4n) is 2.34. The largest absolute Gasteiger partial charge is 0.466 e. The normalized spacial score (nSPS) is 13.6. The predicted octanol–water partition coefficient (Wildman–Crippen LogP) is 4.34. The Balaban J connectivity index is 2.24. The third kappa shape index (κ3) is 7.35. The zero-order chi connectivity index (χ0) is 23.2. The van der Waals surface area contributed by atoms with Gasteiger partial charge in [-0.2, -0.15) is 31.4 Å². The summed E-state index contributed by atoms with van der Waals surface area (Å²) in [7, 11) is -1.69. The number of halogens is 6. The zero-order valence-electron chi connectivity index (χ0n) is 15.9. The molecule has 0 aliphatic carbocycles. The Morgan fingerprint density at radius 3 is 2.42 bits per heavy atom. The van der Waals surface area contributed by atoms with Crippen molar-refractivity contribution in [2.75, 3.05) is 17.2 Å². The highest BCUT2D eigenvalue weighted by atomic mass is 32.2. The van der Waals surface area contributed by atoms with Crippen molar-refractivity contribution in [1.82, 2.24) is 4.98 Å². The van der Waals surface area contributed by atoms with Crippen LogP contribution in [0.4, 0.5) is 32.0 Å². The first kappa shape index (κ1) is 24.3. The fourth-order valence-corrected chi connectivity index (χ4v) is 3.07.